The number of carbonyl (C=O) groups excluding carboxylic acids is 1. The lowest BCUT2D eigenvalue weighted by Gasteiger charge is -2.15. The first-order chi connectivity index (χ1) is 14.5. The number of ether oxygens (including phenoxy) is 2. The van der Waals surface area contributed by atoms with Gasteiger partial charge in [0.25, 0.3) is 0 Å². The van der Waals surface area contributed by atoms with Crippen molar-refractivity contribution in [3.8, 4) is 17.2 Å². The number of hydrogen-bond donors (Lipinski definition) is 3. The molecule has 8 nitrogen and oxygen atoms in total. The van der Waals surface area contributed by atoms with E-state index in [-0.39, 0.29) is 35.8 Å². The largest absolute Gasteiger partial charge is 0.573 e. The molecule has 0 heterocycles. The van der Waals surface area contributed by atoms with E-state index in [2.05, 4.69) is 4.74 Å². The van der Waals surface area contributed by atoms with Crippen LogP contribution in [0.3, 0.4) is 0 Å². The number of nitrogens with one attached hydrogen (secondary N) is 1. The van der Waals surface area contributed by atoms with Crippen molar-refractivity contribution in [2.24, 2.45) is 5.92 Å². The first kappa shape index (κ1) is 24.4. The number of aliphatic hydroxyl groups excluding tert-OH is 1. The van der Waals surface area contributed by atoms with E-state index in [1.807, 2.05) is 0 Å². The number of benzene rings is 2. The second-order valence-electron chi connectivity index (χ2n) is 6.41. The Bertz CT molecular complexity index is 961. The molecule has 0 spiro atoms. The average molecular weight is 463 g/mol. The minimum absolute atomic E-state index is 0.0668. The van der Waals surface area contributed by atoms with E-state index >= 15 is 0 Å². The Hall–Kier alpha value is -2.83. The minimum Gasteiger partial charge on any atom is -0.457 e. The van der Waals surface area contributed by atoms with Gasteiger partial charge in [0.1, 0.15) is 17.2 Å². The summed E-state index contributed by atoms with van der Waals surface area (Å²) < 4.78 is 70.9. The molecule has 0 saturated carbocycles. The molecule has 2 rings (SSSR count). The number of hydrogen-bond acceptors (Lipinski definition) is 7. The van der Waals surface area contributed by atoms with Crippen LogP contribution in [0.2, 0.25) is 0 Å². The number of sulfone groups is 1. The van der Waals surface area contributed by atoms with Gasteiger partial charge in [-0.1, -0.05) is 0 Å². The van der Waals surface area contributed by atoms with E-state index in [4.69, 9.17) is 15.1 Å². The zero-order valence-electron chi connectivity index (χ0n) is 16.0. The molecule has 0 unspecified atom stereocenters. The molecule has 1 amide bonds. The molecule has 170 valence electrons. The van der Waals surface area contributed by atoms with Gasteiger partial charge >= 0.3 is 6.36 Å². The highest BCUT2D eigenvalue weighted by molar-refractivity contribution is 7.91. The molecular weight excluding hydrogens is 443 g/mol. The van der Waals surface area contributed by atoms with Crippen LogP contribution < -0.4 is 15.0 Å². The van der Waals surface area contributed by atoms with E-state index < -0.39 is 39.5 Å². The predicted molar refractivity (Wildman–Crippen MR) is 101 cm³/mol. The molecule has 0 aliphatic carbocycles. The van der Waals surface area contributed by atoms with Crippen LogP contribution in [0.15, 0.2) is 53.4 Å². The van der Waals surface area contributed by atoms with Gasteiger partial charge in [-0.3, -0.25) is 10.0 Å². The summed E-state index contributed by atoms with van der Waals surface area (Å²) in [5, 5.41) is 17.7. The summed E-state index contributed by atoms with van der Waals surface area (Å²) in [7, 11) is -3.89. The summed E-state index contributed by atoms with van der Waals surface area (Å²) in [4.78, 5) is 11.6. The van der Waals surface area contributed by atoms with Gasteiger partial charge in [-0.05, 0) is 61.4 Å². The molecule has 31 heavy (non-hydrogen) atoms. The Morgan fingerprint density at radius 2 is 1.52 bits per heavy atom. The van der Waals surface area contributed by atoms with Crippen LogP contribution in [0.1, 0.15) is 12.8 Å². The monoisotopic (exact) mass is 463 g/mol. The zero-order valence-corrected chi connectivity index (χ0v) is 16.8. The summed E-state index contributed by atoms with van der Waals surface area (Å²) in [5.74, 6) is -2.46. The molecule has 1 atom stereocenters. The van der Waals surface area contributed by atoms with E-state index in [1.165, 1.54) is 41.9 Å². The molecule has 2 aromatic carbocycles. The number of carbonyl (C=O) groups is 1. The number of hydroxylamine groups is 1. The lowest BCUT2D eigenvalue weighted by molar-refractivity contribution is -0.274. The third-order valence-corrected chi connectivity index (χ3v) is 5.92. The Kier molecular flexibility index (Phi) is 8.25. The second kappa shape index (κ2) is 10.5. The molecule has 0 radical (unpaired) electrons. The average Bonchev–Trinajstić information content (AvgIpc) is 2.71. The number of amides is 1. The van der Waals surface area contributed by atoms with Crippen LogP contribution in [0, 0.1) is 5.92 Å². The molecule has 0 aliphatic rings. The van der Waals surface area contributed by atoms with Gasteiger partial charge in [-0.2, -0.15) is 0 Å². The standard InChI is InChI=1S/C19H20F3NO7S/c20-19(21,22)30-16-5-3-14(4-6-16)29-15-7-9-17(10-8-15)31(27,28)12-13(2-1-11-24)18(25)23-26/h3-10,13,24,26H,1-2,11-12H2,(H,23,25)/t13-/m1/s1. The highest BCUT2D eigenvalue weighted by Crippen LogP contribution is 2.28. The van der Waals surface area contributed by atoms with Crippen LogP contribution in [0.4, 0.5) is 13.2 Å². The summed E-state index contributed by atoms with van der Waals surface area (Å²) in [6, 6.07) is 9.86. The maximum absolute atomic E-state index is 12.6. The van der Waals surface area contributed by atoms with Gasteiger partial charge in [0.05, 0.1) is 16.6 Å². The predicted octanol–water partition coefficient (Wildman–Crippen LogP) is 3.05. The van der Waals surface area contributed by atoms with Gasteiger partial charge in [-0.15, -0.1) is 13.2 Å². The summed E-state index contributed by atoms with van der Waals surface area (Å²) in [6.07, 6.45) is -4.55. The summed E-state index contributed by atoms with van der Waals surface area (Å²) in [6.45, 7) is -0.232. The Labute approximate surface area is 176 Å². The molecule has 2 aromatic rings. The van der Waals surface area contributed by atoms with Gasteiger partial charge < -0.3 is 14.6 Å². The first-order valence-electron chi connectivity index (χ1n) is 8.95. The van der Waals surface area contributed by atoms with Gasteiger partial charge in [-0.25, -0.2) is 13.9 Å². The number of aliphatic hydroxyl groups is 1. The molecule has 3 N–H and O–H groups in total. The Balaban J connectivity index is 2.07. The lowest BCUT2D eigenvalue weighted by atomic mass is 10.1. The van der Waals surface area contributed by atoms with Crippen molar-refractivity contribution in [2.75, 3.05) is 12.4 Å². The minimum atomic E-state index is -4.81. The van der Waals surface area contributed by atoms with E-state index in [0.717, 1.165) is 12.1 Å². The van der Waals surface area contributed by atoms with Crippen LogP contribution in [0.5, 0.6) is 17.2 Å². The van der Waals surface area contributed by atoms with Crippen molar-refractivity contribution in [1.29, 1.82) is 0 Å². The van der Waals surface area contributed by atoms with E-state index in [0.29, 0.717) is 0 Å². The zero-order chi connectivity index (χ0) is 23.1. The Morgan fingerprint density at radius 1 is 1.00 bits per heavy atom. The molecular formula is C19H20F3NO7S. The van der Waals surface area contributed by atoms with Crippen LogP contribution >= 0.6 is 0 Å². The first-order valence-corrected chi connectivity index (χ1v) is 10.6. The van der Waals surface area contributed by atoms with Crippen molar-refractivity contribution in [3.05, 3.63) is 48.5 Å². The van der Waals surface area contributed by atoms with Crippen molar-refractivity contribution in [2.45, 2.75) is 24.1 Å². The molecule has 0 fully saturated rings. The number of rotatable bonds is 10. The molecule has 0 aliphatic heterocycles. The van der Waals surface area contributed by atoms with E-state index in [9.17, 15) is 26.4 Å². The van der Waals surface area contributed by atoms with Gasteiger partial charge in [0.15, 0.2) is 9.84 Å². The van der Waals surface area contributed by atoms with Crippen LogP contribution in [-0.4, -0.2) is 43.4 Å². The third kappa shape index (κ3) is 7.74. The van der Waals surface area contributed by atoms with E-state index in [1.54, 1.807) is 0 Å². The maximum Gasteiger partial charge on any atom is 0.573 e. The SMILES string of the molecule is O=C(NO)[C@H](CCCO)CS(=O)(=O)c1ccc(Oc2ccc(OC(F)(F)F)cc2)cc1. The van der Waals surface area contributed by atoms with Crippen LogP contribution in [0.25, 0.3) is 0 Å². The summed E-state index contributed by atoms with van der Waals surface area (Å²) in [5.41, 5.74) is 1.42. The third-order valence-electron chi connectivity index (χ3n) is 4.09. The fourth-order valence-electron chi connectivity index (χ4n) is 2.64. The molecule has 0 aromatic heterocycles. The lowest BCUT2D eigenvalue weighted by Crippen LogP contribution is -2.33. The fraction of sp³-hybridized carbons (Fsp3) is 0.316. The van der Waals surface area contributed by atoms with Crippen molar-refractivity contribution in [1.82, 2.24) is 5.48 Å². The van der Waals surface area contributed by atoms with Crippen molar-refractivity contribution < 1.29 is 46.2 Å². The van der Waals surface area contributed by atoms with Gasteiger partial charge in [0.2, 0.25) is 5.91 Å². The highest BCUT2D eigenvalue weighted by atomic mass is 32.2. The normalized spacial score (nSPS) is 12.8. The van der Waals surface area contributed by atoms with Crippen molar-refractivity contribution >= 4 is 15.7 Å². The molecule has 0 bridgehead atoms. The molecule has 0 saturated heterocycles. The smallest absolute Gasteiger partial charge is 0.457 e. The quantitative estimate of drug-likeness (QED) is 0.366. The highest BCUT2D eigenvalue weighted by Gasteiger charge is 2.31. The Morgan fingerprint density at radius 3 is 2.00 bits per heavy atom. The van der Waals surface area contributed by atoms with Crippen LogP contribution in [-0.2, 0) is 14.6 Å². The molecule has 12 heteroatoms. The number of alkyl halides is 3. The summed E-state index contributed by atoms with van der Waals surface area (Å²) >= 11 is 0. The fourth-order valence-corrected chi connectivity index (χ4v) is 4.23. The van der Waals surface area contributed by atoms with Crippen molar-refractivity contribution in [3.63, 3.8) is 0 Å². The number of halogens is 3. The topological polar surface area (TPSA) is 122 Å². The second-order valence-corrected chi connectivity index (χ2v) is 8.45. The van der Waals surface area contributed by atoms with Gasteiger partial charge in [0, 0.05) is 6.61 Å². The maximum atomic E-state index is 12.6.